The van der Waals surface area contributed by atoms with Crippen molar-refractivity contribution in [3.63, 3.8) is 0 Å². The monoisotopic (exact) mass is 549 g/mol. The van der Waals surface area contributed by atoms with Crippen molar-refractivity contribution in [2.24, 2.45) is 5.92 Å². The van der Waals surface area contributed by atoms with Crippen LogP contribution in [0.2, 0.25) is 10.0 Å². The van der Waals surface area contributed by atoms with Crippen molar-refractivity contribution in [3.8, 4) is 21.6 Å². The van der Waals surface area contributed by atoms with Gasteiger partial charge in [0, 0.05) is 36.8 Å². The minimum atomic E-state index is 0.154. The molecule has 168 valence electrons. The van der Waals surface area contributed by atoms with Crippen LogP contribution in [0.3, 0.4) is 0 Å². The number of hydrogen-bond acceptors (Lipinski definition) is 2. The van der Waals surface area contributed by atoms with E-state index in [0.717, 1.165) is 30.9 Å². The van der Waals surface area contributed by atoms with Crippen LogP contribution in [0.25, 0.3) is 21.6 Å². The van der Waals surface area contributed by atoms with E-state index in [4.69, 9.17) is 23.2 Å². The molecule has 1 fully saturated rings. The molecule has 1 heterocycles. The highest BCUT2D eigenvalue weighted by Crippen LogP contribution is 2.43. The Balaban J connectivity index is 1.55. The fourth-order valence-corrected chi connectivity index (χ4v) is 6.32. The maximum Gasteiger partial charge on any atom is 0.220 e. The van der Waals surface area contributed by atoms with Crippen LogP contribution in [0.1, 0.15) is 49.8 Å². The lowest BCUT2D eigenvalue weighted by Crippen LogP contribution is -2.24. The van der Waals surface area contributed by atoms with Crippen LogP contribution in [0.15, 0.2) is 53.0 Å². The predicted molar refractivity (Wildman–Crippen MR) is 141 cm³/mol. The molecular weight excluding hydrogens is 525 g/mol. The largest absolute Gasteiger partial charge is 0.351 e. The Morgan fingerprint density at radius 1 is 0.969 bits per heavy atom. The van der Waals surface area contributed by atoms with Crippen LogP contribution < -0.4 is 5.32 Å². The zero-order valence-electron chi connectivity index (χ0n) is 17.8. The van der Waals surface area contributed by atoms with Gasteiger partial charge < -0.3 is 5.32 Å². The van der Waals surface area contributed by atoms with Crippen LogP contribution in [-0.2, 0) is 11.3 Å². The van der Waals surface area contributed by atoms with E-state index in [9.17, 15) is 4.79 Å². The molecule has 32 heavy (non-hydrogen) atoms. The number of nitrogens with one attached hydrogen (secondary N) is 1. The number of halogens is 3. The molecule has 1 saturated carbocycles. The molecular formula is C26H26BrCl2NOS. The topological polar surface area (TPSA) is 29.1 Å². The van der Waals surface area contributed by atoms with E-state index in [-0.39, 0.29) is 5.91 Å². The smallest absolute Gasteiger partial charge is 0.220 e. The first-order valence-corrected chi connectivity index (χ1v) is 13.5. The molecule has 1 aromatic heterocycles. The summed E-state index contributed by atoms with van der Waals surface area (Å²) in [6, 6.07) is 16.0. The Labute approximate surface area is 212 Å². The van der Waals surface area contributed by atoms with E-state index in [2.05, 4.69) is 39.4 Å². The Kier molecular flexibility index (Phi) is 8.33. The van der Waals surface area contributed by atoms with Crippen molar-refractivity contribution >= 4 is 56.4 Å². The van der Waals surface area contributed by atoms with Gasteiger partial charge >= 0.3 is 0 Å². The van der Waals surface area contributed by atoms with Gasteiger partial charge in [-0.25, -0.2) is 0 Å². The van der Waals surface area contributed by atoms with Gasteiger partial charge in [0.2, 0.25) is 5.91 Å². The van der Waals surface area contributed by atoms with Crippen molar-refractivity contribution in [2.45, 2.75) is 51.5 Å². The van der Waals surface area contributed by atoms with Crippen molar-refractivity contribution in [3.05, 3.63) is 67.9 Å². The van der Waals surface area contributed by atoms with E-state index < -0.39 is 0 Å². The van der Waals surface area contributed by atoms with Crippen LogP contribution in [0, 0.1) is 5.92 Å². The second-order valence-electron chi connectivity index (χ2n) is 8.43. The number of rotatable bonds is 6. The highest BCUT2D eigenvalue weighted by Gasteiger charge is 2.18. The molecule has 2 nitrogen and oxygen atoms in total. The van der Waals surface area contributed by atoms with Crippen molar-refractivity contribution < 1.29 is 4.79 Å². The standard InChI is InChI=1S/C26H26BrCl2NOS/c27-19-9-7-18(8-10-19)23-15-21(32-26(23)22-12-11-20(28)14-24(22)29)16-30-25(31)13-17-5-3-1-2-4-6-17/h7-12,14-15,17H,1-6,13,16H2,(H,30,31). The van der Waals surface area contributed by atoms with Crippen molar-refractivity contribution in [1.29, 1.82) is 0 Å². The maximum absolute atomic E-state index is 12.6. The summed E-state index contributed by atoms with van der Waals surface area (Å²) in [7, 11) is 0. The van der Waals surface area contributed by atoms with Gasteiger partial charge in [-0.05, 0) is 54.7 Å². The number of benzene rings is 2. The first kappa shape index (κ1) is 23.8. The predicted octanol–water partition coefficient (Wildman–Crippen LogP) is 9.13. The molecule has 0 atom stereocenters. The molecule has 1 N–H and O–H groups in total. The second kappa shape index (κ2) is 11.2. The summed E-state index contributed by atoms with van der Waals surface area (Å²) in [6.07, 6.45) is 8.12. The van der Waals surface area contributed by atoms with E-state index in [1.165, 1.54) is 38.5 Å². The molecule has 1 amide bonds. The van der Waals surface area contributed by atoms with Gasteiger partial charge in [-0.15, -0.1) is 11.3 Å². The minimum absolute atomic E-state index is 0.154. The summed E-state index contributed by atoms with van der Waals surface area (Å²) in [5, 5.41) is 4.40. The average Bonchev–Trinajstić information content (AvgIpc) is 3.01. The zero-order chi connectivity index (χ0) is 22.5. The number of amides is 1. The van der Waals surface area contributed by atoms with Gasteiger partial charge in [-0.3, -0.25) is 4.79 Å². The number of carbonyl (C=O) groups excluding carboxylic acids is 1. The third kappa shape index (κ3) is 6.17. The molecule has 0 saturated heterocycles. The summed E-state index contributed by atoms with van der Waals surface area (Å²) in [5.41, 5.74) is 3.18. The molecule has 0 spiro atoms. The van der Waals surface area contributed by atoms with Gasteiger partial charge in [0.25, 0.3) is 0 Å². The Morgan fingerprint density at radius 3 is 2.38 bits per heavy atom. The Morgan fingerprint density at radius 2 is 1.69 bits per heavy atom. The summed E-state index contributed by atoms with van der Waals surface area (Å²) >= 11 is 17.9. The molecule has 2 aromatic carbocycles. The van der Waals surface area contributed by atoms with Crippen molar-refractivity contribution in [1.82, 2.24) is 5.32 Å². The van der Waals surface area contributed by atoms with Crippen LogP contribution in [0.5, 0.6) is 0 Å². The summed E-state index contributed by atoms with van der Waals surface area (Å²) < 4.78 is 1.04. The molecule has 1 aliphatic rings. The molecule has 3 aromatic rings. The van der Waals surface area contributed by atoms with E-state index in [0.29, 0.717) is 28.9 Å². The first-order valence-electron chi connectivity index (χ1n) is 11.1. The van der Waals surface area contributed by atoms with E-state index >= 15 is 0 Å². The summed E-state index contributed by atoms with van der Waals surface area (Å²) in [5.74, 6) is 0.684. The fraction of sp³-hybridized carbons (Fsp3) is 0.346. The third-order valence-corrected chi connectivity index (χ3v) is 8.27. The highest BCUT2D eigenvalue weighted by molar-refractivity contribution is 9.10. The van der Waals surface area contributed by atoms with Gasteiger partial charge in [0.1, 0.15) is 0 Å². The second-order valence-corrected chi connectivity index (χ2v) is 11.3. The minimum Gasteiger partial charge on any atom is -0.351 e. The quantitative estimate of drug-likeness (QED) is 0.304. The Hall–Kier alpha value is -1.33. The maximum atomic E-state index is 12.6. The van der Waals surface area contributed by atoms with E-state index in [1.807, 2.05) is 24.3 Å². The number of hydrogen-bond donors (Lipinski definition) is 1. The van der Waals surface area contributed by atoms with E-state index in [1.54, 1.807) is 17.4 Å². The van der Waals surface area contributed by atoms with Gasteiger partial charge in [0.05, 0.1) is 11.6 Å². The molecule has 1 aliphatic carbocycles. The third-order valence-electron chi connectivity index (χ3n) is 6.02. The lowest BCUT2D eigenvalue weighted by atomic mass is 9.96. The molecule has 0 unspecified atom stereocenters. The summed E-state index contributed by atoms with van der Waals surface area (Å²) in [6.45, 7) is 0.533. The van der Waals surface area contributed by atoms with Crippen molar-refractivity contribution in [2.75, 3.05) is 0 Å². The first-order chi connectivity index (χ1) is 15.5. The lowest BCUT2D eigenvalue weighted by Gasteiger charge is -2.13. The molecule has 0 aliphatic heterocycles. The van der Waals surface area contributed by atoms with Crippen LogP contribution in [0.4, 0.5) is 0 Å². The lowest BCUT2D eigenvalue weighted by molar-refractivity contribution is -0.122. The van der Waals surface area contributed by atoms with Gasteiger partial charge in [-0.2, -0.15) is 0 Å². The SMILES string of the molecule is O=C(CC1CCCCCC1)NCc1cc(-c2ccc(Br)cc2)c(-c2ccc(Cl)cc2Cl)s1. The molecule has 4 rings (SSSR count). The number of carbonyl (C=O) groups is 1. The normalized spacial score (nSPS) is 14.8. The molecule has 6 heteroatoms. The van der Waals surface area contributed by atoms with Crippen LogP contribution in [-0.4, -0.2) is 5.91 Å². The average molecular weight is 551 g/mol. The fourth-order valence-electron chi connectivity index (χ4n) is 4.33. The van der Waals surface area contributed by atoms with Gasteiger partial charge in [-0.1, -0.05) is 83.0 Å². The van der Waals surface area contributed by atoms with Gasteiger partial charge in [0.15, 0.2) is 0 Å². The summed E-state index contributed by atoms with van der Waals surface area (Å²) in [4.78, 5) is 14.8. The molecule has 0 bridgehead atoms. The number of thiophene rings is 1. The zero-order valence-corrected chi connectivity index (χ0v) is 21.7. The molecule has 0 radical (unpaired) electrons. The Bertz CT molecular complexity index is 1070. The van der Waals surface area contributed by atoms with Crippen LogP contribution >= 0.6 is 50.5 Å². The highest BCUT2D eigenvalue weighted by atomic mass is 79.9.